The first kappa shape index (κ1) is 9.78. The molecule has 17 heavy (non-hydrogen) atoms. The van der Waals surface area contributed by atoms with E-state index in [-0.39, 0.29) is 0 Å². The number of benzene rings is 1. The molecule has 0 aliphatic rings. The zero-order chi connectivity index (χ0) is 11.7. The van der Waals surface area contributed by atoms with Crippen LogP contribution in [0.4, 0.5) is 5.69 Å². The Bertz CT molecular complexity index is 677. The molecular formula is C14H11N3. The summed E-state index contributed by atoms with van der Waals surface area (Å²) in [6.07, 6.45) is 3.40. The molecule has 82 valence electrons. The van der Waals surface area contributed by atoms with Gasteiger partial charge in [-0.1, -0.05) is 24.3 Å². The van der Waals surface area contributed by atoms with Crippen molar-refractivity contribution in [2.45, 2.75) is 0 Å². The van der Waals surface area contributed by atoms with Crippen molar-refractivity contribution in [1.82, 2.24) is 9.97 Å². The van der Waals surface area contributed by atoms with Gasteiger partial charge in [-0.05, 0) is 18.2 Å². The van der Waals surface area contributed by atoms with Gasteiger partial charge in [-0.2, -0.15) is 0 Å². The van der Waals surface area contributed by atoms with Crippen LogP contribution in [0, 0.1) is 0 Å². The quantitative estimate of drug-likeness (QED) is 0.687. The van der Waals surface area contributed by atoms with Gasteiger partial charge in [-0.15, -0.1) is 0 Å². The number of fused-ring (bicyclic) bond motifs is 1. The normalized spacial score (nSPS) is 10.6. The van der Waals surface area contributed by atoms with Crippen LogP contribution in [0.25, 0.3) is 22.2 Å². The van der Waals surface area contributed by atoms with Crippen molar-refractivity contribution in [3.05, 3.63) is 54.9 Å². The monoisotopic (exact) mass is 221 g/mol. The van der Waals surface area contributed by atoms with Crippen molar-refractivity contribution in [3.8, 4) is 11.3 Å². The predicted octanol–water partition coefficient (Wildman–Crippen LogP) is 2.88. The van der Waals surface area contributed by atoms with Gasteiger partial charge in [0.1, 0.15) is 0 Å². The van der Waals surface area contributed by atoms with E-state index in [2.05, 4.69) is 16.0 Å². The molecule has 0 radical (unpaired) electrons. The largest absolute Gasteiger partial charge is 0.397 e. The number of anilines is 1. The Morgan fingerprint density at radius 1 is 0.941 bits per heavy atom. The third-order valence-electron chi connectivity index (χ3n) is 2.65. The number of nitrogens with zero attached hydrogens (tertiary/aromatic N) is 2. The van der Waals surface area contributed by atoms with Crippen LogP contribution in [0.1, 0.15) is 0 Å². The molecule has 0 spiro atoms. The molecule has 2 heterocycles. The van der Waals surface area contributed by atoms with Gasteiger partial charge in [-0.25, -0.2) is 4.98 Å². The number of para-hydroxylation sites is 1. The van der Waals surface area contributed by atoms with Crippen LogP contribution in [-0.2, 0) is 0 Å². The van der Waals surface area contributed by atoms with Gasteiger partial charge in [0.25, 0.3) is 0 Å². The minimum Gasteiger partial charge on any atom is -0.397 e. The molecule has 0 saturated carbocycles. The van der Waals surface area contributed by atoms with E-state index >= 15 is 0 Å². The molecule has 1 aromatic carbocycles. The summed E-state index contributed by atoms with van der Waals surface area (Å²) >= 11 is 0. The summed E-state index contributed by atoms with van der Waals surface area (Å²) in [6, 6.07) is 14.0. The summed E-state index contributed by atoms with van der Waals surface area (Å²) < 4.78 is 0. The fourth-order valence-corrected chi connectivity index (χ4v) is 1.82. The number of pyridine rings is 2. The maximum atomic E-state index is 5.72. The Morgan fingerprint density at radius 2 is 1.82 bits per heavy atom. The maximum Gasteiger partial charge on any atom is 0.0725 e. The van der Waals surface area contributed by atoms with E-state index in [1.54, 1.807) is 12.4 Å². The van der Waals surface area contributed by atoms with Gasteiger partial charge in [0, 0.05) is 23.3 Å². The van der Waals surface area contributed by atoms with E-state index in [0.29, 0.717) is 5.69 Å². The summed E-state index contributed by atoms with van der Waals surface area (Å²) in [7, 11) is 0. The molecule has 0 saturated heterocycles. The van der Waals surface area contributed by atoms with Gasteiger partial charge in [0.2, 0.25) is 0 Å². The Kier molecular flexibility index (Phi) is 2.22. The summed E-state index contributed by atoms with van der Waals surface area (Å²) in [6.45, 7) is 0. The molecule has 0 bridgehead atoms. The van der Waals surface area contributed by atoms with Gasteiger partial charge >= 0.3 is 0 Å². The van der Waals surface area contributed by atoms with Crippen LogP contribution in [-0.4, -0.2) is 9.97 Å². The average Bonchev–Trinajstić information content (AvgIpc) is 2.38. The highest BCUT2D eigenvalue weighted by molar-refractivity contribution is 5.81. The van der Waals surface area contributed by atoms with Crippen LogP contribution in [0.2, 0.25) is 0 Å². The standard InChI is InChI=1S/C14H11N3/c15-12-7-11(8-16-9-12)14-6-5-10-3-1-2-4-13(10)17-14/h1-9H,15H2. The van der Waals surface area contributed by atoms with Crippen molar-refractivity contribution < 1.29 is 0 Å². The SMILES string of the molecule is Nc1cncc(-c2ccc3ccccc3n2)c1. The first-order valence-corrected chi connectivity index (χ1v) is 5.40. The molecule has 2 aromatic heterocycles. The molecule has 0 unspecified atom stereocenters. The fraction of sp³-hybridized carbons (Fsp3) is 0. The first-order valence-electron chi connectivity index (χ1n) is 5.40. The number of nitrogens with two attached hydrogens (primary N) is 1. The Morgan fingerprint density at radius 3 is 2.71 bits per heavy atom. The molecule has 3 heteroatoms. The van der Waals surface area contributed by atoms with Crippen LogP contribution < -0.4 is 5.73 Å². The van der Waals surface area contributed by atoms with E-state index in [1.165, 1.54) is 0 Å². The van der Waals surface area contributed by atoms with Crippen molar-refractivity contribution >= 4 is 16.6 Å². The van der Waals surface area contributed by atoms with Gasteiger partial charge in [0.15, 0.2) is 0 Å². The van der Waals surface area contributed by atoms with Gasteiger partial charge in [0.05, 0.1) is 16.9 Å². The molecular weight excluding hydrogens is 210 g/mol. The van der Waals surface area contributed by atoms with Crippen LogP contribution in [0.15, 0.2) is 54.9 Å². The summed E-state index contributed by atoms with van der Waals surface area (Å²) in [5, 5.41) is 1.13. The van der Waals surface area contributed by atoms with Crippen molar-refractivity contribution in [3.63, 3.8) is 0 Å². The van der Waals surface area contributed by atoms with Crippen LogP contribution in [0.3, 0.4) is 0 Å². The van der Waals surface area contributed by atoms with Crippen molar-refractivity contribution in [2.24, 2.45) is 0 Å². The van der Waals surface area contributed by atoms with Crippen molar-refractivity contribution in [2.75, 3.05) is 5.73 Å². The minimum absolute atomic E-state index is 0.650. The van der Waals surface area contributed by atoms with E-state index < -0.39 is 0 Å². The number of hydrogen-bond donors (Lipinski definition) is 1. The predicted molar refractivity (Wildman–Crippen MR) is 69.4 cm³/mol. The number of nitrogen functional groups attached to an aromatic ring is 1. The molecule has 0 aliphatic heterocycles. The van der Waals surface area contributed by atoms with Gasteiger partial charge in [-0.3, -0.25) is 4.98 Å². The van der Waals surface area contributed by atoms with Crippen LogP contribution in [0.5, 0.6) is 0 Å². The lowest BCUT2D eigenvalue weighted by Gasteiger charge is -2.03. The fourth-order valence-electron chi connectivity index (χ4n) is 1.82. The average molecular weight is 221 g/mol. The zero-order valence-electron chi connectivity index (χ0n) is 9.17. The third kappa shape index (κ3) is 1.83. The second-order valence-corrected chi connectivity index (χ2v) is 3.90. The molecule has 0 atom stereocenters. The Balaban J connectivity index is 2.18. The Labute approximate surface area is 98.9 Å². The first-order chi connectivity index (χ1) is 8.33. The maximum absolute atomic E-state index is 5.72. The summed E-state index contributed by atoms with van der Waals surface area (Å²) in [4.78, 5) is 8.67. The molecule has 0 aliphatic carbocycles. The van der Waals surface area contributed by atoms with E-state index in [0.717, 1.165) is 22.2 Å². The zero-order valence-corrected chi connectivity index (χ0v) is 9.17. The highest BCUT2D eigenvalue weighted by Crippen LogP contribution is 2.21. The topological polar surface area (TPSA) is 51.8 Å². The highest BCUT2D eigenvalue weighted by Gasteiger charge is 2.01. The molecule has 3 nitrogen and oxygen atoms in total. The highest BCUT2D eigenvalue weighted by atomic mass is 14.7. The van der Waals surface area contributed by atoms with Gasteiger partial charge < -0.3 is 5.73 Å². The lowest BCUT2D eigenvalue weighted by Crippen LogP contribution is -1.90. The Hall–Kier alpha value is -2.42. The number of hydrogen-bond acceptors (Lipinski definition) is 3. The molecule has 3 rings (SSSR count). The molecule has 3 aromatic rings. The smallest absolute Gasteiger partial charge is 0.0725 e. The molecule has 2 N–H and O–H groups in total. The lowest BCUT2D eigenvalue weighted by molar-refractivity contribution is 1.31. The molecule has 0 fully saturated rings. The number of aromatic nitrogens is 2. The van der Waals surface area contributed by atoms with E-state index in [9.17, 15) is 0 Å². The van der Waals surface area contributed by atoms with Crippen LogP contribution >= 0.6 is 0 Å². The third-order valence-corrected chi connectivity index (χ3v) is 2.65. The van der Waals surface area contributed by atoms with Crippen molar-refractivity contribution in [1.29, 1.82) is 0 Å². The summed E-state index contributed by atoms with van der Waals surface area (Å²) in [5.41, 5.74) is 9.18. The summed E-state index contributed by atoms with van der Waals surface area (Å²) in [5.74, 6) is 0. The van der Waals surface area contributed by atoms with E-state index in [4.69, 9.17) is 5.73 Å². The number of rotatable bonds is 1. The van der Waals surface area contributed by atoms with E-state index in [1.807, 2.05) is 36.4 Å². The minimum atomic E-state index is 0.650. The second kappa shape index (κ2) is 3.87. The second-order valence-electron chi connectivity index (χ2n) is 3.90. The lowest BCUT2D eigenvalue weighted by atomic mass is 10.1. The molecule has 0 amide bonds.